The monoisotopic (exact) mass is 252 g/mol. The first-order valence-corrected chi connectivity index (χ1v) is 7.73. The molecular weight excluding hydrogens is 236 g/mol. The van der Waals surface area contributed by atoms with Crippen LogP contribution in [-0.4, -0.2) is 45.1 Å². The van der Waals surface area contributed by atoms with Gasteiger partial charge in [0, 0.05) is 24.8 Å². The average Bonchev–Trinajstić information content (AvgIpc) is 2.63. The van der Waals surface area contributed by atoms with Crippen molar-refractivity contribution in [3.63, 3.8) is 0 Å². The minimum absolute atomic E-state index is 0.0916. The first-order chi connectivity index (χ1) is 8.16. The van der Waals surface area contributed by atoms with E-state index in [-0.39, 0.29) is 23.6 Å². The topological polar surface area (TPSA) is 49.4 Å². The zero-order valence-electron chi connectivity index (χ0n) is 9.54. The fourth-order valence-corrected chi connectivity index (χ4v) is 4.76. The predicted molar refractivity (Wildman–Crippen MR) is 68.0 cm³/mol. The zero-order valence-corrected chi connectivity index (χ0v) is 10.4. The molecule has 2 fully saturated rings. The van der Waals surface area contributed by atoms with Crippen molar-refractivity contribution in [1.82, 2.24) is 5.32 Å². The van der Waals surface area contributed by atoms with Gasteiger partial charge in [-0.15, -0.1) is 0 Å². The van der Waals surface area contributed by atoms with Gasteiger partial charge in [-0.2, -0.15) is 0 Å². The Bertz CT molecular complexity index is 500. The molecule has 1 aromatic rings. The fourth-order valence-electron chi connectivity index (χ4n) is 2.81. The molecule has 2 heterocycles. The van der Waals surface area contributed by atoms with Crippen LogP contribution in [0, 0.1) is 0 Å². The van der Waals surface area contributed by atoms with Gasteiger partial charge in [-0.05, 0) is 12.1 Å². The summed E-state index contributed by atoms with van der Waals surface area (Å²) in [5.41, 5.74) is 1.13. The Morgan fingerprint density at radius 3 is 2.71 bits per heavy atom. The number of para-hydroxylation sites is 1. The van der Waals surface area contributed by atoms with Crippen LogP contribution in [0.4, 0.5) is 5.69 Å². The number of nitrogens with zero attached hydrogens (tertiary/aromatic N) is 1. The summed E-state index contributed by atoms with van der Waals surface area (Å²) in [4.78, 5) is 2.23. The minimum atomic E-state index is -2.87. The summed E-state index contributed by atoms with van der Waals surface area (Å²) in [7, 11) is -2.87. The van der Waals surface area contributed by atoms with Crippen molar-refractivity contribution in [3.8, 4) is 0 Å². The second kappa shape index (κ2) is 3.99. The normalized spacial score (nSPS) is 31.2. The van der Waals surface area contributed by atoms with Crippen LogP contribution in [0.3, 0.4) is 0 Å². The highest BCUT2D eigenvalue weighted by Gasteiger charge is 2.42. The molecule has 92 valence electrons. The third-order valence-electron chi connectivity index (χ3n) is 3.57. The summed E-state index contributed by atoms with van der Waals surface area (Å²) >= 11 is 0. The lowest BCUT2D eigenvalue weighted by Gasteiger charge is -2.39. The Kier molecular flexibility index (Phi) is 2.60. The van der Waals surface area contributed by atoms with E-state index in [1.807, 2.05) is 30.3 Å². The number of hydrogen-bond donors (Lipinski definition) is 1. The Balaban J connectivity index is 1.91. The van der Waals surface area contributed by atoms with Gasteiger partial charge in [0.05, 0.1) is 17.5 Å². The maximum absolute atomic E-state index is 11.7. The number of sulfone groups is 1. The van der Waals surface area contributed by atoms with E-state index in [0.29, 0.717) is 0 Å². The number of rotatable bonds is 1. The molecule has 4 nitrogen and oxygen atoms in total. The largest absolute Gasteiger partial charge is 0.365 e. The summed E-state index contributed by atoms with van der Waals surface area (Å²) in [6.07, 6.45) is 0. The van der Waals surface area contributed by atoms with Crippen LogP contribution >= 0.6 is 0 Å². The second-order valence-corrected chi connectivity index (χ2v) is 6.89. The van der Waals surface area contributed by atoms with E-state index in [0.717, 1.165) is 18.8 Å². The van der Waals surface area contributed by atoms with Crippen LogP contribution in [-0.2, 0) is 9.84 Å². The molecule has 0 saturated carbocycles. The molecule has 0 bridgehead atoms. The molecule has 2 saturated heterocycles. The zero-order chi connectivity index (χ0) is 11.9. The lowest BCUT2D eigenvalue weighted by Crippen LogP contribution is -2.57. The lowest BCUT2D eigenvalue weighted by atomic mass is 10.1. The standard InChI is InChI=1S/C12H16N2O2S/c15-17(16)8-11-12(9-17)14(7-6-13-11)10-4-2-1-3-5-10/h1-5,11-13H,6-9H2. The highest BCUT2D eigenvalue weighted by molar-refractivity contribution is 7.91. The van der Waals surface area contributed by atoms with Crippen molar-refractivity contribution in [2.24, 2.45) is 0 Å². The van der Waals surface area contributed by atoms with Crippen LogP contribution in [0.25, 0.3) is 0 Å². The van der Waals surface area contributed by atoms with E-state index in [2.05, 4.69) is 10.2 Å². The minimum Gasteiger partial charge on any atom is -0.365 e. The van der Waals surface area contributed by atoms with Crippen LogP contribution in [0.5, 0.6) is 0 Å². The van der Waals surface area contributed by atoms with Crippen molar-refractivity contribution < 1.29 is 8.42 Å². The van der Waals surface area contributed by atoms with Crippen molar-refractivity contribution in [1.29, 1.82) is 0 Å². The van der Waals surface area contributed by atoms with Gasteiger partial charge < -0.3 is 10.2 Å². The van der Waals surface area contributed by atoms with Gasteiger partial charge in [0.2, 0.25) is 0 Å². The second-order valence-electron chi connectivity index (χ2n) is 4.73. The molecule has 2 aliphatic rings. The van der Waals surface area contributed by atoms with Crippen molar-refractivity contribution in [2.45, 2.75) is 12.1 Å². The summed E-state index contributed by atoms with van der Waals surface area (Å²) in [5.74, 6) is 0.556. The molecule has 0 aromatic heterocycles. The molecule has 0 aliphatic carbocycles. The smallest absolute Gasteiger partial charge is 0.153 e. The first kappa shape index (κ1) is 11.0. The van der Waals surface area contributed by atoms with E-state index in [4.69, 9.17) is 0 Å². The summed E-state index contributed by atoms with van der Waals surface area (Å²) < 4.78 is 23.4. The molecule has 1 N–H and O–H groups in total. The van der Waals surface area contributed by atoms with Crippen LogP contribution in [0.15, 0.2) is 30.3 Å². The van der Waals surface area contributed by atoms with Gasteiger partial charge in [-0.25, -0.2) is 8.42 Å². The maximum Gasteiger partial charge on any atom is 0.153 e. The van der Waals surface area contributed by atoms with E-state index in [1.54, 1.807) is 0 Å². The molecule has 17 heavy (non-hydrogen) atoms. The van der Waals surface area contributed by atoms with Crippen LogP contribution in [0.2, 0.25) is 0 Å². The van der Waals surface area contributed by atoms with E-state index >= 15 is 0 Å². The molecule has 2 aliphatic heterocycles. The molecular formula is C12H16N2O2S. The van der Waals surface area contributed by atoms with Crippen LogP contribution in [0.1, 0.15) is 0 Å². The third kappa shape index (κ3) is 2.05. The van der Waals surface area contributed by atoms with Gasteiger partial charge >= 0.3 is 0 Å². The number of piperazine rings is 1. The summed E-state index contributed by atoms with van der Waals surface area (Å²) in [6, 6.07) is 10.3. The maximum atomic E-state index is 11.7. The molecule has 5 heteroatoms. The average molecular weight is 252 g/mol. The molecule has 1 aromatic carbocycles. The van der Waals surface area contributed by atoms with E-state index < -0.39 is 9.84 Å². The van der Waals surface area contributed by atoms with Crippen molar-refractivity contribution >= 4 is 15.5 Å². The molecule has 0 spiro atoms. The summed E-state index contributed by atoms with van der Waals surface area (Å²) in [5, 5.41) is 3.32. The van der Waals surface area contributed by atoms with E-state index in [9.17, 15) is 8.42 Å². The molecule has 0 amide bonds. The summed E-state index contributed by atoms with van der Waals surface area (Å²) in [6.45, 7) is 1.73. The van der Waals surface area contributed by atoms with Gasteiger partial charge in [-0.1, -0.05) is 18.2 Å². The quantitative estimate of drug-likeness (QED) is 0.779. The first-order valence-electron chi connectivity index (χ1n) is 5.91. The Morgan fingerprint density at radius 2 is 1.94 bits per heavy atom. The Labute approximate surface area is 102 Å². The van der Waals surface area contributed by atoms with Crippen molar-refractivity contribution in [3.05, 3.63) is 30.3 Å². The fraction of sp³-hybridized carbons (Fsp3) is 0.500. The van der Waals surface area contributed by atoms with Gasteiger partial charge in [0.15, 0.2) is 9.84 Å². The number of fused-ring (bicyclic) bond motifs is 1. The molecule has 0 radical (unpaired) electrons. The number of nitrogens with one attached hydrogen (secondary N) is 1. The Hall–Kier alpha value is -1.07. The molecule has 2 unspecified atom stereocenters. The predicted octanol–water partition coefficient (Wildman–Crippen LogP) is 0.262. The van der Waals surface area contributed by atoms with Gasteiger partial charge in [0.25, 0.3) is 0 Å². The third-order valence-corrected chi connectivity index (χ3v) is 5.29. The number of hydrogen-bond acceptors (Lipinski definition) is 4. The molecule has 3 rings (SSSR count). The Morgan fingerprint density at radius 1 is 1.18 bits per heavy atom. The van der Waals surface area contributed by atoms with Crippen molar-refractivity contribution in [2.75, 3.05) is 29.5 Å². The highest BCUT2D eigenvalue weighted by Crippen LogP contribution is 2.26. The van der Waals surface area contributed by atoms with Gasteiger partial charge in [-0.3, -0.25) is 0 Å². The molecule has 2 atom stereocenters. The van der Waals surface area contributed by atoms with Gasteiger partial charge in [0.1, 0.15) is 0 Å². The SMILES string of the molecule is O=S1(=O)CC2NCCN(c3ccccc3)C2C1. The number of anilines is 1. The number of benzene rings is 1. The highest BCUT2D eigenvalue weighted by atomic mass is 32.2. The van der Waals surface area contributed by atoms with E-state index in [1.165, 1.54) is 0 Å². The lowest BCUT2D eigenvalue weighted by molar-refractivity contribution is 0.425. The van der Waals surface area contributed by atoms with Crippen LogP contribution < -0.4 is 10.2 Å².